The second-order valence-electron chi connectivity index (χ2n) is 5.04. The van der Waals surface area contributed by atoms with Crippen LogP contribution in [0.4, 0.5) is 0 Å². The highest BCUT2D eigenvalue weighted by Crippen LogP contribution is 2.33. The van der Waals surface area contributed by atoms with Crippen LogP contribution >= 0.6 is 7.60 Å². The third kappa shape index (κ3) is 8.44. The Kier molecular flexibility index (Phi) is 8.13. The van der Waals surface area contributed by atoms with E-state index in [4.69, 9.17) is 9.79 Å². The summed E-state index contributed by atoms with van der Waals surface area (Å²) in [5.41, 5.74) is 2.76. The first-order chi connectivity index (χ1) is 11.3. The lowest BCUT2D eigenvalue weighted by Gasteiger charge is -2.04. The fourth-order valence-corrected chi connectivity index (χ4v) is 1.97. The average molecular weight is 348 g/mol. The van der Waals surface area contributed by atoms with Crippen molar-refractivity contribution in [1.29, 1.82) is 0 Å². The molecule has 0 fully saturated rings. The molecule has 2 N–H and O–H groups in total. The summed E-state index contributed by atoms with van der Waals surface area (Å²) in [6.45, 7) is 4.48. The Balaban J connectivity index is 0.000000240. The standard InChI is InChI=1S/C12H10.C6H11O5P/c1-3-7-11(8-4-1)12-9-5-2-6-10-12;1-5(2)6(7)11-3-4-12(8,9)10/h1-10H;1,3-4H2,2H3,(H2,8,9,10). The summed E-state index contributed by atoms with van der Waals surface area (Å²) in [6, 6.07) is 20.8. The number of hydrogen-bond donors (Lipinski definition) is 2. The molecule has 0 unspecified atom stereocenters. The maximum absolute atomic E-state index is 10.7. The van der Waals surface area contributed by atoms with Gasteiger partial charge in [-0.25, -0.2) is 4.79 Å². The van der Waals surface area contributed by atoms with E-state index in [1.807, 2.05) is 12.1 Å². The molecule has 0 aliphatic carbocycles. The van der Waals surface area contributed by atoms with Gasteiger partial charge >= 0.3 is 13.6 Å². The minimum atomic E-state index is -4.06. The summed E-state index contributed by atoms with van der Waals surface area (Å²) < 4.78 is 14.7. The molecule has 0 aromatic heterocycles. The van der Waals surface area contributed by atoms with Gasteiger partial charge in [-0.15, -0.1) is 0 Å². The van der Waals surface area contributed by atoms with Crippen LogP contribution in [-0.4, -0.2) is 28.5 Å². The first-order valence-corrected chi connectivity index (χ1v) is 9.07. The van der Waals surface area contributed by atoms with Crippen molar-refractivity contribution >= 4 is 13.6 Å². The van der Waals surface area contributed by atoms with E-state index in [1.165, 1.54) is 18.1 Å². The molecule has 2 aromatic rings. The Morgan fingerprint density at radius 3 is 1.75 bits per heavy atom. The number of ether oxygens (including phenoxy) is 1. The van der Waals surface area contributed by atoms with Crippen molar-refractivity contribution in [2.45, 2.75) is 6.92 Å². The molecule has 0 saturated heterocycles. The minimum Gasteiger partial charge on any atom is -0.462 e. The van der Waals surface area contributed by atoms with Crippen molar-refractivity contribution in [2.24, 2.45) is 0 Å². The second-order valence-corrected chi connectivity index (χ2v) is 6.81. The van der Waals surface area contributed by atoms with Gasteiger partial charge in [-0.1, -0.05) is 67.2 Å². The van der Waals surface area contributed by atoms with Crippen molar-refractivity contribution in [3.05, 3.63) is 72.8 Å². The van der Waals surface area contributed by atoms with E-state index >= 15 is 0 Å². The number of esters is 1. The van der Waals surface area contributed by atoms with Crippen LogP contribution in [0.3, 0.4) is 0 Å². The van der Waals surface area contributed by atoms with Gasteiger partial charge in [0.25, 0.3) is 0 Å². The summed E-state index contributed by atoms with van der Waals surface area (Å²) in [6.07, 6.45) is -0.452. The molecule has 0 amide bonds. The summed E-state index contributed by atoms with van der Waals surface area (Å²) in [7, 11) is -4.06. The zero-order chi connectivity index (χ0) is 18.0. The van der Waals surface area contributed by atoms with Crippen molar-refractivity contribution in [3.8, 4) is 11.1 Å². The second kappa shape index (κ2) is 9.83. The number of carbonyl (C=O) groups excluding carboxylic acids is 1. The highest BCUT2D eigenvalue weighted by Gasteiger charge is 2.13. The Bertz CT molecular complexity index is 654. The van der Waals surface area contributed by atoms with Gasteiger partial charge in [0.05, 0.1) is 6.16 Å². The fourth-order valence-electron chi connectivity index (χ4n) is 1.64. The Morgan fingerprint density at radius 2 is 1.42 bits per heavy atom. The van der Waals surface area contributed by atoms with Crippen LogP contribution in [0.5, 0.6) is 0 Å². The molecule has 0 aliphatic heterocycles. The number of carbonyl (C=O) groups is 1. The number of hydrogen-bond acceptors (Lipinski definition) is 3. The maximum Gasteiger partial charge on any atom is 0.333 e. The monoisotopic (exact) mass is 348 g/mol. The third-order valence-electron chi connectivity index (χ3n) is 2.85. The van der Waals surface area contributed by atoms with Crippen LogP contribution in [0.25, 0.3) is 11.1 Å². The van der Waals surface area contributed by atoms with E-state index in [2.05, 4.69) is 59.8 Å². The van der Waals surface area contributed by atoms with Crippen LogP contribution in [0, 0.1) is 0 Å². The van der Waals surface area contributed by atoms with E-state index in [9.17, 15) is 9.36 Å². The van der Waals surface area contributed by atoms with E-state index in [1.54, 1.807) is 0 Å². The summed E-state index contributed by atoms with van der Waals surface area (Å²) >= 11 is 0. The van der Waals surface area contributed by atoms with E-state index in [0.717, 1.165) is 0 Å². The molecule has 5 nitrogen and oxygen atoms in total. The van der Waals surface area contributed by atoms with Gasteiger partial charge in [-0.3, -0.25) is 4.57 Å². The molecule has 2 aromatic carbocycles. The van der Waals surface area contributed by atoms with Crippen LogP contribution in [-0.2, 0) is 14.1 Å². The van der Waals surface area contributed by atoms with Crippen molar-refractivity contribution in [1.82, 2.24) is 0 Å². The van der Waals surface area contributed by atoms with Crippen molar-refractivity contribution in [3.63, 3.8) is 0 Å². The Hall–Kier alpha value is -2.20. The lowest BCUT2D eigenvalue weighted by molar-refractivity contribution is -0.138. The van der Waals surface area contributed by atoms with Gasteiger partial charge in [0.15, 0.2) is 0 Å². The molecule has 2 rings (SSSR count). The predicted molar refractivity (Wildman–Crippen MR) is 94.6 cm³/mol. The maximum atomic E-state index is 10.7. The molecule has 0 spiro atoms. The highest BCUT2D eigenvalue weighted by atomic mass is 31.2. The van der Waals surface area contributed by atoms with Gasteiger partial charge in [-0.2, -0.15) is 0 Å². The molecular formula is C18H21O5P. The average Bonchev–Trinajstić information content (AvgIpc) is 2.56. The zero-order valence-electron chi connectivity index (χ0n) is 13.5. The number of rotatable bonds is 5. The molecule has 128 valence electrons. The molecule has 0 heterocycles. The minimum absolute atomic E-state index is 0.209. The quantitative estimate of drug-likeness (QED) is 0.490. The smallest absolute Gasteiger partial charge is 0.333 e. The molecule has 0 saturated carbocycles. The first kappa shape index (κ1) is 19.8. The molecule has 0 atom stereocenters. The molecule has 0 radical (unpaired) electrons. The van der Waals surface area contributed by atoms with Gasteiger partial charge in [0, 0.05) is 5.57 Å². The largest absolute Gasteiger partial charge is 0.462 e. The SMILES string of the molecule is C=C(C)C(=O)OCCP(=O)(O)O.c1ccc(-c2ccccc2)cc1. The summed E-state index contributed by atoms with van der Waals surface area (Å²) in [5, 5.41) is 0. The molecule has 24 heavy (non-hydrogen) atoms. The molecule has 0 aliphatic rings. The normalized spacial score (nSPS) is 10.3. The lowest BCUT2D eigenvalue weighted by atomic mass is 10.1. The van der Waals surface area contributed by atoms with Gasteiger partial charge in [0.2, 0.25) is 0 Å². The van der Waals surface area contributed by atoms with E-state index in [0.29, 0.717) is 0 Å². The van der Waals surface area contributed by atoms with E-state index in [-0.39, 0.29) is 12.2 Å². The van der Waals surface area contributed by atoms with Gasteiger partial charge in [0.1, 0.15) is 6.61 Å². The predicted octanol–water partition coefficient (Wildman–Crippen LogP) is 3.64. The van der Waals surface area contributed by atoms with E-state index < -0.39 is 19.7 Å². The van der Waals surface area contributed by atoms with Crippen LogP contribution < -0.4 is 0 Å². The third-order valence-corrected chi connectivity index (χ3v) is 3.61. The van der Waals surface area contributed by atoms with Crippen molar-refractivity contribution in [2.75, 3.05) is 12.8 Å². The zero-order valence-corrected chi connectivity index (χ0v) is 14.4. The lowest BCUT2D eigenvalue weighted by Crippen LogP contribution is -2.09. The van der Waals surface area contributed by atoms with Crippen LogP contribution in [0.15, 0.2) is 72.8 Å². The highest BCUT2D eigenvalue weighted by molar-refractivity contribution is 7.51. The topological polar surface area (TPSA) is 83.8 Å². The fraction of sp³-hybridized carbons (Fsp3) is 0.167. The first-order valence-electron chi connectivity index (χ1n) is 7.27. The van der Waals surface area contributed by atoms with Crippen LogP contribution in [0.2, 0.25) is 0 Å². The molecular weight excluding hydrogens is 327 g/mol. The van der Waals surface area contributed by atoms with Gasteiger partial charge in [-0.05, 0) is 18.1 Å². The molecule has 6 heteroatoms. The van der Waals surface area contributed by atoms with Crippen molar-refractivity contribution < 1.29 is 23.9 Å². The molecule has 0 bridgehead atoms. The Labute approximate surface area is 141 Å². The van der Waals surface area contributed by atoms with Gasteiger partial charge < -0.3 is 14.5 Å². The summed E-state index contributed by atoms with van der Waals surface area (Å²) in [4.78, 5) is 27.4. The summed E-state index contributed by atoms with van der Waals surface area (Å²) in [5.74, 6) is -0.636. The Morgan fingerprint density at radius 1 is 1.00 bits per heavy atom. The van der Waals surface area contributed by atoms with Crippen LogP contribution in [0.1, 0.15) is 6.92 Å². The number of benzene rings is 2.